The molecule has 1 aromatic rings. The smallest absolute Gasteiger partial charge is 0.246 e. The molecule has 0 aliphatic carbocycles. The van der Waals surface area contributed by atoms with E-state index in [0.717, 1.165) is 30.6 Å². The average Bonchev–Trinajstić information content (AvgIpc) is 2.85. The van der Waals surface area contributed by atoms with Gasteiger partial charge >= 0.3 is 0 Å². The van der Waals surface area contributed by atoms with Crippen LogP contribution in [0, 0.1) is 5.92 Å². The normalized spacial score (nSPS) is 19.5. The Kier molecular flexibility index (Phi) is 4.25. The summed E-state index contributed by atoms with van der Waals surface area (Å²) in [6, 6.07) is 7.94. The molecule has 1 aliphatic rings. The van der Waals surface area contributed by atoms with Crippen LogP contribution in [0.3, 0.4) is 0 Å². The number of rotatable bonds is 3. The predicted octanol–water partition coefficient (Wildman–Crippen LogP) is 2.93. The number of nitrogens with two attached hydrogens (primary N) is 1. The predicted molar refractivity (Wildman–Crippen MR) is 79.5 cm³/mol. The van der Waals surface area contributed by atoms with Crippen LogP contribution < -0.4 is 5.73 Å². The molecule has 1 atom stereocenters. The molecule has 1 aromatic carbocycles. The second-order valence-corrected chi connectivity index (χ2v) is 5.49. The van der Waals surface area contributed by atoms with Crippen LogP contribution in [-0.2, 0) is 4.79 Å². The van der Waals surface area contributed by atoms with Crippen LogP contribution in [0.15, 0.2) is 30.3 Å². The fourth-order valence-electron chi connectivity index (χ4n) is 2.69. The summed E-state index contributed by atoms with van der Waals surface area (Å²) in [7, 11) is 0. The largest absolute Gasteiger partial charge is 0.399 e. The first-order valence-electron chi connectivity index (χ1n) is 6.92. The summed E-state index contributed by atoms with van der Waals surface area (Å²) in [5, 5.41) is 0. The Morgan fingerprint density at radius 3 is 2.95 bits per heavy atom. The Morgan fingerprint density at radius 1 is 1.47 bits per heavy atom. The van der Waals surface area contributed by atoms with Crippen molar-refractivity contribution in [2.45, 2.75) is 32.7 Å². The monoisotopic (exact) mass is 258 g/mol. The van der Waals surface area contributed by atoms with Crippen molar-refractivity contribution in [3.8, 4) is 0 Å². The highest BCUT2D eigenvalue weighted by atomic mass is 16.2. The third kappa shape index (κ3) is 3.37. The lowest BCUT2D eigenvalue weighted by Crippen LogP contribution is -2.37. The van der Waals surface area contributed by atoms with Gasteiger partial charge in [0.05, 0.1) is 0 Å². The first kappa shape index (κ1) is 13.7. The molecule has 0 aromatic heterocycles. The molecular formula is C16H22N2O. The maximum atomic E-state index is 12.2. The summed E-state index contributed by atoms with van der Waals surface area (Å²) in [6.45, 7) is 5.23. The topological polar surface area (TPSA) is 46.3 Å². The van der Waals surface area contributed by atoms with Crippen molar-refractivity contribution in [2.24, 2.45) is 5.92 Å². The van der Waals surface area contributed by atoms with Gasteiger partial charge in [-0.15, -0.1) is 0 Å². The third-order valence-corrected chi connectivity index (χ3v) is 3.68. The molecule has 3 nitrogen and oxygen atoms in total. The van der Waals surface area contributed by atoms with E-state index in [-0.39, 0.29) is 5.91 Å². The van der Waals surface area contributed by atoms with Crippen molar-refractivity contribution in [3.05, 3.63) is 35.9 Å². The molecule has 19 heavy (non-hydrogen) atoms. The Balaban J connectivity index is 2.04. The van der Waals surface area contributed by atoms with Crippen molar-refractivity contribution in [1.82, 2.24) is 4.90 Å². The second-order valence-electron chi connectivity index (χ2n) is 5.49. The van der Waals surface area contributed by atoms with Crippen molar-refractivity contribution >= 4 is 17.7 Å². The lowest BCUT2D eigenvalue weighted by molar-refractivity contribution is -0.127. The van der Waals surface area contributed by atoms with Crippen LogP contribution in [-0.4, -0.2) is 23.4 Å². The number of likely N-dealkylation sites (tertiary alicyclic amines) is 1. The lowest BCUT2D eigenvalue weighted by Gasteiger charge is -2.26. The fourth-order valence-corrected chi connectivity index (χ4v) is 2.69. The number of anilines is 1. The molecular weight excluding hydrogens is 236 g/mol. The number of hydrogen-bond acceptors (Lipinski definition) is 2. The van der Waals surface area contributed by atoms with Crippen LogP contribution in [0.4, 0.5) is 5.69 Å². The highest BCUT2D eigenvalue weighted by Gasteiger charge is 2.29. The molecule has 102 valence electrons. The minimum atomic E-state index is 0.110. The lowest BCUT2D eigenvalue weighted by atomic mass is 10.0. The Hall–Kier alpha value is -1.77. The number of benzene rings is 1. The van der Waals surface area contributed by atoms with E-state index in [1.54, 1.807) is 6.08 Å². The van der Waals surface area contributed by atoms with E-state index in [2.05, 4.69) is 13.8 Å². The first-order valence-corrected chi connectivity index (χ1v) is 6.92. The van der Waals surface area contributed by atoms with Gasteiger partial charge in [0.15, 0.2) is 0 Å². The van der Waals surface area contributed by atoms with E-state index < -0.39 is 0 Å². The summed E-state index contributed by atoms with van der Waals surface area (Å²) >= 11 is 0. The van der Waals surface area contributed by atoms with Gasteiger partial charge < -0.3 is 10.6 Å². The molecule has 0 spiro atoms. The molecule has 2 N–H and O–H groups in total. The maximum absolute atomic E-state index is 12.2. The van der Waals surface area contributed by atoms with Crippen LogP contribution in [0.25, 0.3) is 6.08 Å². The molecule has 1 fully saturated rings. The van der Waals surface area contributed by atoms with E-state index in [1.807, 2.05) is 35.2 Å². The highest BCUT2D eigenvalue weighted by molar-refractivity contribution is 5.92. The van der Waals surface area contributed by atoms with Gasteiger partial charge in [0.25, 0.3) is 0 Å². The molecule has 1 unspecified atom stereocenters. The first-order chi connectivity index (χ1) is 9.08. The van der Waals surface area contributed by atoms with Crippen molar-refractivity contribution in [1.29, 1.82) is 0 Å². The van der Waals surface area contributed by atoms with Gasteiger partial charge in [0.1, 0.15) is 0 Å². The number of hydrogen-bond donors (Lipinski definition) is 1. The van der Waals surface area contributed by atoms with Gasteiger partial charge in [0, 0.05) is 24.4 Å². The molecule has 0 radical (unpaired) electrons. The van der Waals surface area contributed by atoms with Gasteiger partial charge in [-0.05, 0) is 42.5 Å². The van der Waals surface area contributed by atoms with E-state index in [9.17, 15) is 4.79 Å². The molecule has 1 amide bonds. The highest BCUT2D eigenvalue weighted by Crippen LogP contribution is 2.24. The Morgan fingerprint density at radius 2 is 2.26 bits per heavy atom. The van der Waals surface area contributed by atoms with E-state index >= 15 is 0 Å². The van der Waals surface area contributed by atoms with Crippen LogP contribution in [0.1, 0.15) is 32.3 Å². The van der Waals surface area contributed by atoms with E-state index in [0.29, 0.717) is 12.0 Å². The Labute approximate surface area is 115 Å². The summed E-state index contributed by atoms with van der Waals surface area (Å²) in [5.41, 5.74) is 7.40. The number of amides is 1. The third-order valence-electron chi connectivity index (χ3n) is 3.68. The van der Waals surface area contributed by atoms with Gasteiger partial charge in [-0.1, -0.05) is 26.0 Å². The van der Waals surface area contributed by atoms with E-state index in [4.69, 9.17) is 5.73 Å². The number of nitrogens with zero attached hydrogens (tertiary/aromatic N) is 1. The molecule has 1 heterocycles. The quantitative estimate of drug-likeness (QED) is 0.669. The van der Waals surface area contributed by atoms with E-state index in [1.165, 1.54) is 0 Å². The second kappa shape index (κ2) is 5.91. The number of carbonyl (C=O) groups excluding carboxylic acids is 1. The number of nitrogen functional groups attached to an aromatic ring is 1. The fraction of sp³-hybridized carbons (Fsp3) is 0.438. The maximum Gasteiger partial charge on any atom is 0.246 e. The summed E-state index contributed by atoms with van der Waals surface area (Å²) in [4.78, 5) is 14.2. The zero-order chi connectivity index (χ0) is 13.8. The molecule has 1 aliphatic heterocycles. The van der Waals surface area contributed by atoms with Crippen LogP contribution in [0.5, 0.6) is 0 Å². The molecule has 0 saturated carbocycles. The van der Waals surface area contributed by atoms with Gasteiger partial charge in [-0.3, -0.25) is 4.79 Å². The summed E-state index contributed by atoms with van der Waals surface area (Å²) in [5.74, 6) is 0.630. The molecule has 2 rings (SSSR count). The Bertz CT molecular complexity index is 479. The number of carbonyl (C=O) groups is 1. The molecule has 1 saturated heterocycles. The SMILES string of the molecule is CC(C)C1CCCN1C(=O)/C=C/c1cccc(N)c1. The minimum Gasteiger partial charge on any atom is -0.399 e. The minimum absolute atomic E-state index is 0.110. The van der Waals surface area contributed by atoms with Crippen LogP contribution >= 0.6 is 0 Å². The van der Waals surface area contributed by atoms with Crippen molar-refractivity contribution in [3.63, 3.8) is 0 Å². The zero-order valence-electron chi connectivity index (χ0n) is 11.7. The van der Waals surface area contributed by atoms with Crippen LogP contribution in [0.2, 0.25) is 0 Å². The van der Waals surface area contributed by atoms with Crippen molar-refractivity contribution in [2.75, 3.05) is 12.3 Å². The van der Waals surface area contributed by atoms with Gasteiger partial charge in [-0.2, -0.15) is 0 Å². The summed E-state index contributed by atoms with van der Waals surface area (Å²) < 4.78 is 0. The zero-order valence-corrected chi connectivity index (χ0v) is 11.7. The summed E-state index contributed by atoms with van der Waals surface area (Å²) in [6.07, 6.45) is 5.74. The standard InChI is InChI=1S/C16H22N2O/c1-12(2)15-7-4-10-18(15)16(19)9-8-13-5-3-6-14(17)11-13/h3,5-6,8-9,11-12,15H,4,7,10,17H2,1-2H3/b9-8+. The average molecular weight is 258 g/mol. The van der Waals surface area contributed by atoms with Crippen molar-refractivity contribution < 1.29 is 4.79 Å². The van der Waals surface area contributed by atoms with Gasteiger partial charge in [0.2, 0.25) is 5.91 Å². The molecule has 0 bridgehead atoms. The molecule has 3 heteroatoms. The van der Waals surface area contributed by atoms with Gasteiger partial charge in [-0.25, -0.2) is 0 Å².